The minimum absolute atomic E-state index is 0.233. The molecule has 14 heavy (non-hydrogen) atoms. The summed E-state index contributed by atoms with van der Waals surface area (Å²) >= 11 is 0. The molecule has 1 aliphatic heterocycles. The Morgan fingerprint density at radius 2 is 1.93 bits per heavy atom. The van der Waals surface area contributed by atoms with Gasteiger partial charge in [-0.3, -0.25) is 0 Å². The summed E-state index contributed by atoms with van der Waals surface area (Å²) in [7, 11) is 2.18. The standard InChI is InChI=1S/C11H24N2O/c1-9(14)8-12-10(2)11-4-6-13(3)7-5-11/h9-12,14H,4-8H2,1-3H3. The lowest BCUT2D eigenvalue weighted by molar-refractivity contribution is 0.160. The van der Waals surface area contributed by atoms with E-state index in [4.69, 9.17) is 0 Å². The van der Waals surface area contributed by atoms with Crippen molar-refractivity contribution in [2.45, 2.75) is 38.8 Å². The summed E-state index contributed by atoms with van der Waals surface area (Å²) in [5, 5.41) is 12.6. The summed E-state index contributed by atoms with van der Waals surface area (Å²) in [5.74, 6) is 0.782. The Hall–Kier alpha value is -0.120. The normalized spacial score (nSPS) is 24.9. The molecule has 1 rings (SSSR count). The molecule has 1 fully saturated rings. The molecule has 0 aromatic heterocycles. The highest BCUT2D eigenvalue weighted by Crippen LogP contribution is 2.19. The molecule has 3 heteroatoms. The summed E-state index contributed by atoms with van der Waals surface area (Å²) in [5.41, 5.74) is 0. The van der Waals surface area contributed by atoms with Crippen LogP contribution in [0, 0.1) is 5.92 Å². The molecule has 1 saturated heterocycles. The quantitative estimate of drug-likeness (QED) is 0.701. The second kappa shape index (κ2) is 5.69. The maximum absolute atomic E-state index is 9.17. The summed E-state index contributed by atoms with van der Waals surface area (Å²) in [6, 6.07) is 0.540. The van der Waals surface area contributed by atoms with Gasteiger partial charge in [0.15, 0.2) is 0 Å². The van der Waals surface area contributed by atoms with Crippen LogP contribution in [-0.2, 0) is 0 Å². The van der Waals surface area contributed by atoms with Crippen molar-refractivity contribution in [1.29, 1.82) is 0 Å². The van der Waals surface area contributed by atoms with Gasteiger partial charge in [0.05, 0.1) is 6.10 Å². The van der Waals surface area contributed by atoms with Crippen LogP contribution in [0.2, 0.25) is 0 Å². The number of piperidine rings is 1. The van der Waals surface area contributed by atoms with Crippen LogP contribution in [0.25, 0.3) is 0 Å². The summed E-state index contributed by atoms with van der Waals surface area (Å²) < 4.78 is 0. The second-order valence-electron chi connectivity index (χ2n) is 4.69. The third-order valence-corrected chi connectivity index (χ3v) is 3.21. The largest absolute Gasteiger partial charge is 0.392 e. The number of likely N-dealkylation sites (tertiary alicyclic amines) is 1. The van der Waals surface area contributed by atoms with E-state index in [0.717, 1.165) is 5.92 Å². The summed E-state index contributed by atoms with van der Waals surface area (Å²) in [4.78, 5) is 2.39. The third kappa shape index (κ3) is 3.95. The van der Waals surface area contributed by atoms with E-state index in [1.54, 1.807) is 0 Å². The Balaban J connectivity index is 2.20. The molecule has 0 bridgehead atoms. The van der Waals surface area contributed by atoms with Crippen molar-refractivity contribution in [2.75, 3.05) is 26.7 Å². The van der Waals surface area contributed by atoms with Crippen LogP contribution in [0.1, 0.15) is 26.7 Å². The number of hydrogen-bond donors (Lipinski definition) is 2. The van der Waals surface area contributed by atoms with Gasteiger partial charge in [0.1, 0.15) is 0 Å². The van der Waals surface area contributed by atoms with E-state index in [0.29, 0.717) is 12.6 Å². The van der Waals surface area contributed by atoms with Crippen molar-refractivity contribution < 1.29 is 5.11 Å². The van der Waals surface area contributed by atoms with Crippen LogP contribution >= 0.6 is 0 Å². The van der Waals surface area contributed by atoms with Crippen LogP contribution in [0.15, 0.2) is 0 Å². The van der Waals surface area contributed by atoms with Crippen molar-refractivity contribution in [3.05, 3.63) is 0 Å². The number of aliphatic hydroxyl groups is 1. The van der Waals surface area contributed by atoms with Crippen molar-refractivity contribution in [1.82, 2.24) is 10.2 Å². The van der Waals surface area contributed by atoms with Crippen molar-refractivity contribution in [3.63, 3.8) is 0 Å². The van der Waals surface area contributed by atoms with E-state index in [1.165, 1.54) is 25.9 Å². The van der Waals surface area contributed by atoms with Gasteiger partial charge >= 0.3 is 0 Å². The van der Waals surface area contributed by atoms with E-state index < -0.39 is 0 Å². The maximum Gasteiger partial charge on any atom is 0.0636 e. The molecule has 1 aliphatic rings. The molecule has 0 saturated carbocycles. The fourth-order valence-corrected chi connectivity index (χ4v) is 2.05. The smallest absolute Gasteiger partial charge is 0.0636 e. The van der Waals surface area contributed by atoms with Crippen molar-refractivity contribution in [2.24, 2.45) is 5.92 Å². The Kier molecular flexibility index (Phi) is 4.85. The van der Waals surface area contributed by atoms with Gasteiger partial charge in [-0.2, -0.15) is 0 Å². The molecular weight excluding hydrogens is 176 g/mol. The molecule has 0 radical (unpaired) electrons. The number of rotatable bonds is 4. The topological polar surface area (TPSA) is 35.5 Å². The molecule has 1 heterocycles. The molecule has 0 aromatic carbocycles. The van der Waals surface area contributed by atoms with E-state index in [2.05, 4.69) is 24.2 Å². The molecule has 0 amide bonds. The van der Waals surface area contributed by atoms with Crippen LogP contribution in [0.3, 0.4) is 0 Å². The number of nitrogens with zero attached hydrogens (tertiary/aromatic N) is 1. The van der Waals surface area contributed by atoms with Crippen LogP contribution in [0.5, 0.6) is 0 Å². The fourth-order valence-electron chi connectivity index (χ4n) is 2.05. The first-order valence-corrected chi connectivity index (χ1v) is 5.69. The minimum atomic E-state index is -0.233. The molecule has 2 unspecified atom stereocenters. The predicted molar refractivity (Wildman–Crippen MR) is 59.4 cm³/mol. The lowest BCUT2D eigenvalue weighted by atomic mass is 9.90. The highest BCUT2D eigenvalue weighted by molar-refractivity contribution is 4.78. The van der Waals surface area contributed by atoms with E-state index in [9.17, 15) is 5.11 Å². The molecular formula is C11H24N2O. The molecule has 3 nitrogen and oxygen atoms in total. The maximum atomic E-state index is 9.17. The number of hydrogen-bond acceptors (Lipinski definition) is 3. The first-order valence-electron chi connectivity index (χ1n) is 5.69. The van der Waals surface area contributed by atoms with Gasteiger partial charge in [0, 0.05) is 12.6 Å². The second-order valence-corrected chi connectivity index (χ2v) is 4.69. The Bertz CT molecular complexity index is 153. The van der Waals surface area contributed by atoms with Gasteiger partial charge in [-0.1, -0.05) is 0 Å². The molecule has 2 N–H and O–H groups in total. The van der Waals surface area contributed by atoms with Gasteiger partial charge in [0.2, 0.25) is 0 Å². The Morgan fingerprint density at radius 3 is 2.43 bits per heavy atom. The molecule has 0 spiro atoms. The average Bonchev–Trinajstić information content (AvgIpc) is 2.15. The van der Waals surface area contributed by atoms with E-state index in [-0.39, 0.29) is 6.10 Å². The predicted octanol–water partition coefficient (Wildman–Crippen LogP) is 0.687. The zero-order chi connectivity index (χ0) is 10.6. The molecule has 2 atom stereocenters. The first kappa shape index (κ1) is 12.0. The number of aliphatic hydroxyl groups excluding tert-OH is 1. The SMILES string of the molecule is CC(O)CNC(C)C1CCN(C)CC1. The van der Waals surface area contributed by atoms with Crippen molar-refractivity contribution >= 4 is 0 Å². The average molecular weight is 200 g/mol. The van der Waals surface area contributed by atoms with Gasteiger partial charge in [0.25, 0.3) is 0 Å². The van der Waals surface area contributed by atoms with Crippen LogP contribution in [-0.4, -0.2) is 48.8 Å². The third-order valence-electron chi connectivity index (χ3n) is 3.21. The van der Waals surface area contributed by atoms with Gasteiger partial charge in [-0.05, 0) is 52.7 Å². The minimum Gasteiger partial charge on any atom is -0.392 e. The van der Waals surface area contributed by atoms with Gasteiger partial charge in [-0.25, -0.2) is 0 Å². The first-order chi connectivity index (χ1) is 6.59. The zero-order valence-electron chi connectivity index (χ0n) is 9.66. The Labute approximate surface area is 87.5 Å². The van der Waals surface area contributed by atoms with Crippen LogP contribution in [0.4, 0.5) is 0 Å². The Morgan fingerprint density at radius 1 is 1.36 bits per heavy atom. The van der Waals surface area contributed by atoms with E-state index in [1.807, 2.05) is 6.92 Å². The van der Waals surface area contributed by atoms with Crippen LogP contribution < -0.4 is 5.32 Å². The van der Waals surface area contributed by atoms with Gasteiger partial charge < -0.3 is 15.3 Å². The monoisotopic (exact) mass is 200 g/mol. The molecule has 84 valence electrons. The molecule has 0 aliphatic carbocycles. The van der Waals surface area contributed by atoms with E-state index >= 15 is 0 Å². The summed E-state index contributed by atoms with van der Waals surface area (Å²) in [6.07, 6.45) is 2.33. The van der Waals surface area contributed by atoms with Gasteiger partial charge in [-0.15, -0.1) is 0 Å². The lowest BCUT2D eigenvalue weighted by Crippen LogP contribution is -2.42. The lowest BCUT2D eigenvalue weighted by Gasteiger charge is -2.33. The zero-order valence-corrected chi connectivity index (χ0v) is 9.66. The summed E-state index contributed by atoms with van der Waals surface area (Å²) in [6.45, 7) is 7.21. The highest BCUT2D eigenvalue weighted by Gasteiger charge is 2.21. The van der Waals surface area contributed by atoms with Crippen molar-refractivity contribution in [3.8, 4) is 0 Å². The fraction of sp³-hybridized carbons (Fsp3) is 1.00. The highest BCUT2D eigenvalue weighted by atomic mass is 16.3. The molecule has 0 aromatic rings. The number of nitrogens with one attached hydrogen (secondary N) is 1.